The van der Waals surface area contributed by atoms with E-state index in [-0.39, 0.29) is 23.0 Å². The molecule has 2 heterocycles. The molecule has 0 aliphatic carbocycles. The number of halogens is 4. The Morgan fingerprint density at radius 1 is 1.00 bits per heavy atom. The monoisotopic (exact) mass is 405 g/mol. The van der Waals surface area contributed by atoms with Gasteiger partial charge in [0.05, 0.1) is 10.6 Å². The molecule has 1 fully saturated rings. The van der Waals surface area contributed by atoms with E-state index in [1.165, 1.54) is 22.5 Å². The van der Waals surface area contributed by atoms with E-state index >= 15 is 0 Å². The van der Waals surface area contributed by atoms with Crippen LogP contribution in [-0.4, -0.2) is 43.9 Å². The summed E-state index contributed by atoms with van der Waals surface area (Å²) in [5.41, 5.74) is -0.818. The van der Waals surface area contributed by atoms with Crippen LogP contribution in [0.1, 0.15) is 5.56 Å². The molecule has 0 unspecified atom stereocenters. The Balaban J connectivity index is 1.70. The molecule has 1 aliphatic rings. The van der Waals surface area contributed by atoms with Gasteiger partial charge in [-0.25, -0.2) is 13.4 Å². The van der Waals surface area contributed by atoms with Gasteiger partial charge in [-0.1, -0.05) is 23.7 Å². The first-order valence-electron chi connectivity index (χ1n) is 7.72. The number of pyridine rings is 1. The Hall–Kier alpha value is -1.84. The lowest BCUT2D eigenvalue weighted by Crippen LogP contribution is -2.49. The van der Waals surface area contributed by atoms with Crippen molar-refractivity contribution in [1.29, 1.82) is 0 Å². The smallest absolute Gasteiger partial charge is 0.354 e. The number of aromatic nitrogens is 1. The Labute approximate surface area is 154 Å². The van der Waals surface area contributed by atoms with Crippen LogP contribution in [0.2, 0.25) is 5.02 Å². The summed E-state index contributed by atoms with van der Waals surface area (Å²) >= 11 is 5.99. The van der Waals surface area contributed by atoms with Crippen LogP contribution in [-0.2, 0) is 16.2 Å². The zero-order valence-electron chi connectivity index (χ0n) is 13.4. The summed E-state index contributed by atoms with van der Waals surface area (Å²) in [5.74, 6) is 0.382. The number of benzene rings is 1. The molecule has 5 nitrogen and oxygen atoms in total. The lowest BCUT2D eigenvalue weighted by Gasteiger charge is -2.34. The second-order valence-corrected chi connectivity index (χ2v) is 8.04. The van der Waals surface area contributed by atoms with E-state index in [1.807, 2.05) is 0 Å². The maximum Gasteiger partial charge on any atom is 0.417 e. The molecule has 1 saturated heterocycles. The van der Waals surface area contributed by atoms with Gasteiger partial charge in [0.25, 0.3) is 0 Å². The lowest BCUT2D eigenvalue weighted by atomic mass is 10.2. The first kappa shape index (κ1) is 18.9. The molecule has 0 saturated carbocycles. The van der Waals surface area contributed by atoms with Crippen LogP contribution < -0.4 is 4.90 Å². The predicted molar refractivity (Wildman–Crippen MR) is 91.7 cm³/mol. The largest absolute Gasteiger partial charge is 0.417 e. The molecule has 1 aliphatic heterocycles. The fourth-order valence-corrected chi connectivity index (χ4v) is 4.61. The molecule has 3 rings (SSSR count). The van der Waals surface area contributed by atoms with Gasteiger partial charge in [0.2, 0.25) is 10.0 Å². The Morgan fingerprint density at radius 3 is 2.19 bits per heavy atom. The highest BCUT2D eigenvalue weighted by atomic mass is 35.5. The Bertz CT molecular complexity index is 880. The van der Waals surface area contributed by atoms with E-state index in [1.54, 1.807) is 17.0 Å². The Kier molecular flexibility index (Phi) is 5.14. The van der Waals surface area contributed by atoms with E-state index in [0.717, 1.165) is 12.3 Å². The summed E-state index contributed by atoms with van der Waals surface area (Å²) in [6.07, 6.45) is -3.66. The quantitative estimate of drug-likeness (QED) is 0.786. The van der Waals surface area contributed by atoms with E-state index in [9.17, 15) is 21.6 Å². The average molecular weight is 406 g/mol. The number of alkyl halides is 3. The van der Waals surface area contributed by atoms with Gasteiger partial charge in [0.1, 0.15) is 10.7 Å². The van der Waals surface area contributed by atoms with Gasteiger partial charge < -0.3 is 4.90 Å². The minimum absolute atomic E-state index is 0.0442. The van der Waals surface area contributed by atoms with Gasteiger partial charge in [-0.05, 0) is 24.3 Å². The average Bonchev–Trinajstić information content (AvgIpc) is 2.61. The topological polar surface area (TPSA) is 53.5 Å². The number of hydrogen-bond donors (Lipinski definition) is 0. The zero-order valence-corrected chi connectivity index (χ0v) is 15.0. The number of anilines is 1. The summed E-state index contributed by atoms with van der Waals surface area (Å²) in [6.45, 7) is 1.02. The van der Waals surface area contributed by atoms with Crippen molar-refractivity contribution in [2.75, 3.05) is 31.1 Å². The van der Waals surface area contributed by atoms with Gasteiger partial charge in [-0.3, -0.25) is 0 Å². The van der Waals surface area contributed by atoms with E-state index < -0.39 is 21.8 Å². The number of nitrogens with zero attached hydrogens (tertiary/aromatic N) is 3. The number of piperazine rings is 1. The predicted octanol–water partition coefficient (Wildman–Crippen LogP) is 3.26. The minimum Gasteiger partial charge on any atom is -0.354 e. The third-order valence-corrected chi connectivity index (χ3v) is 6.49. The maximum atomic E-state index is 12.7. The summed E-state index contributed by atoms with van der Waals surface area (Å²) < 4.78 is 64.5. The Morgan fingerprint density at radius 2 is 1.65 bits per heavy atom. The molecule has 10 heteroatoms. The van der Waals surface area contributed by atoms with Crippen LogP contribution in [0.5, 0.6) is 0 Å². The van der Waals surface area contributed by atoms with Gasteiger partial charge in [0, 0.05) is 32.4 Å². The lowest BCUT2D eigenvalue weighted by molar-refractivity contribution is -0.137. The summed E-state index contributed by atoms with van der Waals surface area (Å²) in [5, 5.41) is 0.152. The summed E-state index contributed by atoms with van der Waals surface area (Å²) in [4.78, 5) is 5.64. The number of hydrogen-bond acceptors (Lipinski definition) is 4. The van der Waals surface area contributed by atoms with Crippen molar-refractivity contribution in [2.45, 2.75) is 11.1 Å². The first-order chi connectivity index (χ1) is 12.2. The third kappa shape index (κ3) is 3.79. The van der Waals surface area contributed by atoms with Crippen molar-refractivity contribution in [1.82, 2.24) is 9.29 Å². The van der Waals surface area contributed by atoms with Gasteiger partial charge in [-0.2, -0.15) is 17.5 Å². The fourth-order valence-electron chi connectivity index (χ4n) is 2.69. The molecule has 0 amide bonds. The normalized spacial score (nSPS) is 16.7. The van der Waals surface area contributed by atoms with Crippen molar-refractivity contribution in [2.24, 2.45) is 0 Å². The van der Waals surface area contributed by atoms with Crippen molar-refractivity contribution in [3.63, 3.8) is 0 Å². The highest BCUT2D eigenvalue weighted by molar-refractivity contribution is 7.89. The molecule has 26 heavy (non-hydrogen) atoms. The molecule has 140 valence electrons. The van der Waals surface area contributed by atoms with Crippen LogP contribution in [0.25, 0.3) is 0 Å². The van der Waals surface area contributed by atoms with Crippen molar-refractivity contribution in [3.8, 4) is 0 Å². The van der Waals surface area contributed by atoms with Crippen LogP contribution in [0, 0.1) is 0 Å². The second kappa shape index (κ2) is 7.05. The van der Waals surface area contributed by atoms with Gasteiger partial charge in [0.15, 0.2) is 0 Å². The molecular formula is C16H15ClF3N3O2S. The van der Waals surface area contributed by atoms with Crippen LogP contribution in [0.15, 0.2) is 47.5 Å². The van der Waals surface area contributed by atoms with Crippen LogP contribution in [0.4, 0.5) is 19.0 Å². The molecule has 0 N–H and O–H groups in total. The third-order valence-electron chi connectivity index (χ3n) is 4.09. The highest BCUT2D eigenvalue weighted by Gasteiger charge is 2.32. The van der Waals surface area contributed by atoms with Crippen molar-refractivity contribution < 1.29 is 21.6 Å². The summed E-state index contributed by atoms with van der Waals surface area (Å²) in [7, 11) is -3.72. The maximum absolute atomic E-state index is 12.7. The van der Waals surface area contributed by atoms with Crippen molar-refractivity contribution in [3.05, 3.63) is 53.2 Å². The molecule has 0 spiro atoms. The van der Waals surface area contributed by atoms with Crippen LogP contribution >= 0.6 is 11.6 Å². The van der Waals surface area contributed by atoms with Crippen LogP contribution in [0.3, 0.4) is 0 Å². The molecule has 0 bridgehead atoms. The molecule has 1 aromatic heterocycles. The van der Waals surface area contributed by atoms with E-state index in [4.69, 9.17) is 11.6 Å². The fraction of sp³-hybridized carbons (Fsp3) is 0.312. The molecule has 0 atom stereocenters. The molecule has 2 aromatic rings. The highest BCUT2D eigenvalue weighted by Crippen LogP contribution is 2.30. The summed E-state index contributed by atoms with van der Waals surface area (Å²) in [6, 6.07) is 8.46. The second-order valence-electron chi connectivity index (χ2n) is 5.72. The SMILES string of the molecule is O=S(=O)(c1ccccc1Cl)N1CCN(c2ccc(C(F)(F)F)cn2)CC1. The van der Waals surface area contributed by atoms with E-state index in [0.29, 0.717) is 18.9 Å². The van der Waals surface area contributed by atoms with Gasteiger partial charge in [-0.15, -0.1) is 0 Å². The minimum atomic E-state index is -4.44. The van der Waals surface area contributed by atoms with Gasteiger partial charge >= 0.3 is 6.18 Å². The molecular weight excluding hydrogens is 391 g/mol. The molecule has 0 radical (unpaired) electrons. The van der Waals surface area contributed by atoms with E-state index in [2.05, 4.69) is 4.98 Å². The molecule has 1 aromatic carbocycles. The first-order valence-corrected chi connectivity index (χ1v) is 9.54. The standard InChI is InChI=1S/C16H15ClF3N3O2S/c17-13-3-1-2-4-14(13)26(24,25)23-9-7-22(8-10-23)15-6-5-12(11-21-15)16(18,19)20/h1-6,11H,7-10H2. The van der Waals surface area contributed by atoms with Crippen molar-refractivity contribution >= 4 is 27.4 Å². The number of rotatable bonds is 3. The zero-order chi connectivity index (χ0) is 18.9. The number of sulfonamides is 1.